The summed E-state index contributed by atoms with van der Waals surface area (Å²) in [5.74, 6) is 2.93. The van der Waals surface area contributed by atoms with Crippen molar-refractivity contribution in [2.45, 2.75) is 84.5 Å². The van der Waals surface area contributed by atoms with E-state index >= 15 is 0 Å². The van der Waals surface area contributed by atoms with Gasteiger partial charge in [0.2, 0.25) is 23.6 Å². The molecule has 4 atom stereocenters. The molecule has 0 spiro atoms. The van der Waals surface area contributed by atoms with Gasteiger partial charge >= 0.3 is 0 Å². The number of ether oxygens (including phenoxy) is 4. The van der Waals surface area contributed by atoms with Gasteiger partial charge in [0.25, 0.3) is 0 Å². The summed E-state index contributed by atoms with van der Waals surface area (Å²) in [6, 6.07) is -0.977. The number of nitrogens with zero attached hydrogens (tertiary/aromatic N) is 4. The Kier molecular flexibility index (Phi) is 9.97. The number of aliphatic imine (C=N–C) groups is 4. The Morgan fingerprint density at radius 3 is 1.25 bits per heavy atom. The van der Waals surface area contributed by atoms with E-state index in [1.54, 1.807) is 28.4 Å². The second-order valence-electron chi connectivity index (χ2n) is 9.11. The monoisotopic (exact) mass is 450 g/mol. The van der Waals surface area contributed by atoms with Gasteiger partial charge in [-0.05, 0) is 18.3 Å². The number of rotatable bonds is 8. The Labute approximate surface area is 193 Å². The topological polar surface area (TPSA) is 86.4 Å². The molecule has 182 valence electrons. The van der Waals surface area contributed by atoms with Crippen molar-refractivity contribution in [1.29, 1.82) is 0 Å². The minimum absolute atomic E-state index is 0.0459. The van der Waals surface area contributed by atoms with E-state index in [4.69, 9.17) is 38.9 Å². The first-order valence-corrected chi connectivity index (χ1v) is 11.8. The van der Waals surface area contributed by atoms with Gasteiger partial charge in [-0.1, -0.05) is 53.9 Å². The summed E-state index contributed by atoms with van der Waals surface area (Å²) in [4.78, 5) is 19.8. The summed E-state index contributed by atoms with van der Waals surface area (Å²) < 4.78 is 22.8. The second-order valence-corrected chi connectivity index (χ2v) is 9.11. The Bertz CT molecular complexity index is 674. The number of hydrogen-bond donors (Lipinski definition) is 0. The van der Waals surface area contributed by atoms with E-state index in [1.165, 1.54) is 0 Å². The first kappa shape index (κ1) is 26.1. The van der Waals surface area contributed by atoms with E-state index in [0.29, 0.717) is 23.6 Å². The average molecular weight is 451 g/mol. The van der Waals surface area contributed by atoms with Gasteiger partial charge < -0.3 is 18.9 Å². The molecule has 0 aromatic heterocycles. The van der Waals surface area contributed by atoms with Crippen molar-refractivity contribution in [2.75, 3.05) is 28.4 Å². The van der Waals surface area contributed by atoms with Crippen molar-refractivity contribution in [3.05, 3.63) is 0 Å². The van der Waals surface area contributed by atoms with Crippen molar-refractivity contribution < 1.29 is 18.9 Å². The molecule has 2 heterocycles. The van der Waals surface area contributed by atoms with Gasteiger partial charge in [0.15, 0.2) is 0 Å². The van der Waals surface area contributed by atoms with E-state index in [1.807, 2.05) is 0 Å². The van der Waals surface area contributed by atoms with Gasteiger partial charge in [-0.15, -0.1) is 0 Å². The fourth-order valence-electron chi connectivity index (χ4n) is 4.31. The van der Waals surface area contributed by atoms with Crippen LogP contribution in [0.5, 0.6) is 0 Å². The van der Waals surface area contributed by atoms with Crippen molar-refractivity contribution in [2.24, 2.45) is 37.7 Å². The van der Waals surface area contributed by atoms with Crippen LogP contribution in [0.1, 0.15) is 60.3 Å². The van der Waals surface area contributed by atoms with Crippen LogP contribution < -0.4 is 0 Å². The molecule has 0 saturated heterocycles. The van der Waals surface area contributed by atoms with Crippen LogP contribution in [-0.4, -0.2) is 76.2 Å². The maximum Gasteiger partial charge on any atom is 0.209 e. The molecule has 0 aromatic carbocycles. The summed E-state index contributed by atoms with van der Waals surface area (Å²) in [6.45, 7) is 10.6. The molecule has 0 saturated carbocycles. The van der Waals surface area contributed by atoms with Crippen LogP contribution in [0.15, 0.2) is 20.0 Å². The third-order valence-corrected chi connectivity index (χ3v) is 6.13. The molecule has 4 unspecified atom stereocenters. The molecule has 2 aliphatic heterocycles. The third-order valence-electron chi connectivity index (χ3n) is 6.13. The molecule has 2 rings (SSSR count). The number of methoxy groups -OCH3 is 4. The van der Waals surface area contributed by atoms with Gasteiger partial charge in [0, 0.05) is 5.92 Å². The zero-order valence-electron chi connectivity index (χ0n) is 21.3. The number of hydrogen-bond acceptors (Lipinski definition) is 8. The van der Waals surface area contributed by atoms with Gasteiger partial charge in [0.05, 0.1) is 28.4 Å². The molecule has 0 radical (unpaired) electrons. The van der Waals surface area contributed by atoms with Crippen LogP contribution in [0.25, 0.3) is 0 Å². The van der Waals surface area contributed by atoms with E-state index in [0.717, 1.165) is 25.7 Å². The quantitative estimate of drug-likeness (QED) is 0.519. The lowest BCUT2D eigenvalue weighted by Gasteiger charge is -2.36. The summed E-state index contributed by atoms with van der Waals surface area (Å²) >= 11 is 0. The Balaban J connectivity index is 2.53. The molecular weight excluding hydrogens is 408 g/mol. The average Bonchev–Trinajstić information content (AvgIpc) is 2.80. The molecule has 2 aliphatic rings. The second kappa shape index (κ2) is 12.2. The summed E-state index contributed by atoms with van der Waals surface area (Å²) in [7, 11) is 6.62. The van der Waals surface area contributed by atoms with Crippen molar-refractivity contribution in [3.8, 4) is 0 Å². The van der Waals surface area contributed by atoms with Crippen molar-refractivity contribution in [1.82, 2.24) is 0 Å². The predicted octanol–water partition coefficient (Wildman–Crippen LogP) is 4.18. The molecule has 8 heteroatoms. The fraction of sp³-hybridized carbons (Fsp3) is 0.833. The maximum absolute atomic E-state index is 5.76. The molecule has 32 heavy (non-hydrogen) atoms. The highest BCUT2D eigenvalue weighted by atomic mass is 16.5. The van der Waals surface area contributed by atoms with Crippen LogP contribution in [0.3, 0.4) is 0 Å². The van der Waals surface area contributed by atoms with E-state index in [-0.39, 0.29) is 41.9 Å². The Hall–Kier alpha value is -2.12. The summed E-state index contributed by atoms with van der Waals surface area (Å²) in [5.41, 5.74) is 0. The molecule has 8 nitrogen and oxygen atoms in total. The van der Waals surface area contributed by atoms with Gasteiger partial charge in [-0.3, -0.25) is 0 Å². The van der Waals surface area contributed by atoms with Crippen LogP contribution >= 0.6 is 0 Å². The Morgan fingerprint density at radius 2 is 0.938 bits per heavy atom. The van der Waals surface area contributed by atoms with Gasteiger partial charge in [-0.2, -0.15) is 0 Å². The van der Waals surface area contributed by atoms with Crippen LogP contribution in [0.4, 0.5) is 0 Å². The van der Waals surface area contributed by atoms with E-state index in [2.05, 4.69) is 34.6 Å². The molecule has 0 aromatic rings. The van der Waals surface area contributed by atoms with E-state index < -0.39 is 0 Å². The van der Waals surface area contributed by atoms with Gasteiger partial charge in [-0.25, -0.2) is 20.0 Å². The summed E-state index contributed by atoms with van der Waals surface area (Å²) in [6.07, 6.45) is 4.18. The molecular formula is C24H42N4O4. The summed E-state index contributed by atoms with van der Waals surface area (Å²) in [5, 5.41) is 0. The smallest absolute Gasteiger partial charge is 0.209 e. The Morgan fingerprint density at radius 1 is 0.594 bits per heavy atom. The first-order chi connectivity index (χ1) is 15.3. The highest BCUT2D eigenvalue weighted by molar-refractivity contribution is 5.97. The molecule has 0 fully saturated rings. The standard InChI is InChI=1S/C24H42N4O4/c1-10-11-12-13-16(19-23(31-8)25-17(14(2)3)21(27-19)29-6)20-24(32-9)26-18(15(4)5)22(28-20)30-7/h14-20H,10-13H2,1-9H3. The van der Waals surface area contributed by atoms with Crippen LogP contribution in [-0.2, 0) is 18.9 Å². The normalized spacial score (nSPS) is 26.7. The first-order valence-electron chi connectivity index (χ1n) is 11.8. The van der Waals surface area contributed by atoms with Gasteiger partial charge in [0.1, 0.15) is 24.2 Å². The van der Waals surface area contributed by atoms with Crippen molar-refractivity contribution >= 4 is 23.6 Å². The largest absolute Gasteiger partial charge is 0.483 e. The van der Waals surface area contributed by atoms with Crippen LogP contribution in [0, 0.1) is 17.8 Å². The third kappa shape index (κ3) is 5.81. The highest BCUT2D eigenvalue weighted by Crippen LogP contribution is 2.32. The lowest BCUT2D eigenvalue weighted by atomic mass is 9.84. The SMILES string of the molecule is CCCCCC(C1N=C(OC)C(C(C)C)N=C1OC)C1N=C(OC)C(C(C)C)N=C1OC. The van der Waals surface area contributed by atoms with Crippen molar-refractivity contribution in [3.63, 3.8) is 0 Å². The number of unbranched alkanes of at least 4 members (excludes halogenated alkanes) is 2. The lowest BCUT2D eigenvalue weighted by Crippen LogP contribution is -2.48. The molecule has 0 amide bonds. The molecule has 0 bridgehead atoms. The maximum atomic E-state index is 5.76. The zero-order valence-corrected chi connectivity index (χ0v) is 21.3. The van der Waals surface area contributed by atoms with E-state index in [9.17, 15) is 0 Å². The molecule has 0 N–H and O–H groups in total. The van der Waals surface area contributed by atoms with Crippen LogP contribution in [0.2, 0.25) is 0 Å². The predicted molar refractivity (Wildman–Crippen MR) is 130 cm³/mol. The molecule has 0 aliphatic carbocycles. The highest BCUT2D eigenvalue weighted by Gasteiger charge is 2.43. The minimum Gasteiger partial charge on any atom is -0.483 e. The minimum atomic E-state index is -0.329. The lowest BCUT2D eigenvalue weighted by molar-refractivity contribution is 0.274. The zero-order chi connectivity index (χ0) is 23.8. The fourth-order valence-corrected chi connectivity index (χ4v) is 4.31.